The molecule has 0 unspecified atom stereocenters. The standard InChI is InChI=1S/C12H13NO4S/c14-7-5-13-11(17)6-3-1-2-4-8(6)18-12(13)10(16)9(7)15/h1-4,7,9-10,12,14-16H,5H2/t7-,9+,10+,12-/m1/s1. The Balaban J connectivity index is 2.01. The van der Waals surface area contributed by atoms with E-state index in [0.29, 0.717) is 5.56 Å². The number of hydrogen-bond acceptors (Lipinski definition) is 5. The minimum Gasteiger partial charge on any atom is -0.388 e. The van der Waals surface area contributed by atoms with E-state index in [0.717, 1.165) is 4.90 Å². The maximum absolute atomic E-state index is 12.3. The number of amides is 1. The number of nitrogens with zero attached hydrogens (tertiary/aromatic N) is 1. The summed E-state index contributed by atoms with van der Waals surface area (Å²) in [6.07, 6.45) is -3.46. The van der Waals surface area contributed by atoms with Crippen molar-refractivity contribution >= 4 is 17.7 Å². The van der Waals surface area contributed by atoms with Crippen molar-refractivity contribution in [2.24, 2.45) is 0 Å². The number of rotatable bonds is 0. The smallest absolute Gasteiger partial charge is 0.256 e. The summed E-state index contributed by atoms with van der Waals surface area (Å²) in [7, 11) is 0. The molecule has 0 bridgehead atoms. The van der Waals surface area contributed by atoms with Gasteiger partial charge in [0.1, 0.15) is 23.7 Å². The third-order valence-electron chi connectivity index (χ3n) is 3.35. The van der Waals surface area contributed by atoms with Gasteiger partial charge >= 0.3 is 0 Å². The minimum absolute atomic E-state index is 0.0447. The van der Waals surface area contributed by atoms with E-state index in [-0.39, 0.29) is 12.5 Å². The normalized spacial score (nSPS) is 35.1. The fourth-order valence-corrected chi connectivity index (χ4v) is 3.67. The van der Waals surface area contributed by atoms with Crippen LogP contribution in [-0.4, -0.2) is 56.4 Å². The molecular weight excluding hydrogens is 254 g/mol. The zero-order valence-corrected chi connectivity index (χ0v) is 10.2. The molecule has 1 aromatic rings. The van der Waals surface area contributed by atoms with Crippen LogP contribution in [-0.2, 0) is 0 Å². The van der Waals surface area contributed by atoms with Gasteiger partial charge in [-0.15, -0.1) is 0 Å². The highest BCUT2D eigenvalue weighted by Gasteiger charge is 2.46. The molecule has 4 atom stereocenters. The van der Waals surface area contributed by atoms with E-state index in [2.05, 4.69) is 0 Å². The lowest BCUT2D eigenvalue weighted by molar-refractivity contribution is -0.109. The average molecular weight is 267 g/mol. The third-order valence-corrected chi connectivity index (χ3v) is 4.74. The van der Waals surface area contributed by atoms with Crippen molar-refractivity contribution in [3.05, 3.63) is 29.8 Å². The first-order valence-corrected chi connectivity index (χ1v) is 6.58. The Kier molecular flexibility index (Phi) is 2.82. The Hall–Kier alpha value is -1.08. The maximum Gasteiger partial charge on any atom is 0.256 e. The van der Waals surface area contributed by atoms with Crippen LogP contribution in [0.2, 0.25) is 0 Å². The minimum atomic E-state index is -1.21. The highest BCUT2D eigenvalue weighted by Crippen LogP contribution is 2.39. The molecule has 1 saturated heterocycles. The molecule has 0 saturated carbocycles. The van der Waals surface area contributed by atoms with E-state index in [1.165, 1.54) is 16.7 Å². The number of fused-ring (bicyclic) bond motifs is 2. The Morgan fingerprint density at radius 1 is 1.17 bits per heavy atom. The Morgan fingerprint density at radius 2 is 1.89 bits per heavy atom. The van der Waals surface area contributed by atoms with Gasteiger partial charge in [-0.1, -0.05) is 23.9 Å². The summed E-state index contributed by atoms with van der Waals surface area (Å²) in [5, 5.41) is 28.7. The van der Waals surface area contributed by atoms with Gasteiger partial charge in [0.15, 0.2) is 0 Å². The van der Waals surface area contributed by atoms with Crippen LogP contribution in [0.15, 0.2) is 29.2 Å². The van der Waals surface area contributed by atoms with Crippen LogP contribution in [0.3, 0.4) is 0 Å². The SMILES string of the molecule is O=C1c2ccccc2S[C@@H]2[C@@H](O)[C@@H](O)[C@H](O)CN12. The molecule has 5 nitrogen and oxygen atoms in total. The van der Waals surface area contributed by atoms with Gasteiger partial charge in [-0.25, -0.2) is 0 Å². The number of carbonyl (C=O) groups excluding carboxylic acids is 1. The maximum atomic E-state index is 12.3. The van der Waals surface area contributed by atoms with Crippen LogP contribution >= 0.6 is 11.8 Å². The summed E-state index contributed by atoms with van der Waals surface area (Å²) in [5.74, 6) is -0.209. The number of aliphatic hydroxyl groups excluding tert-OH is 3. The molecule has 2 aliphatic heterocycles. The molecule has 2 aliphatic rings. The predicted molar refractivity (Wildman–Crippen MR) is 65.1 cm³/mol. The molecule has 2 heterocycles. The lowest BCUT2D eigenvalue weighted by Crippen LogP contribution is -2.62. The first-order chi connectivity index (χ1) is 8.59. The third kappa shape index (κ3) is 1.65. The topological polar surface area (TPSA) is 81.0 Å². The monoisotopic (exact) mass is 267 g/mol. The van der Waals surface area contributed by atoms with E-state index < -0.39 is 23.7 Å². The first-order valence-electron chi connectivity index (χ1n) is 5.70. The quantitative estimate of drug-likeness (QED) is 0.599. The van der Waals surface area contributed by atoms with Gasteiger partial charge in [0.2, 0.25) is 0 Å². The van der Waals surface area contributed by atoms with Gasteiger partial charge in [-0.05, 0) is 12.1 Å². The number of hydrogen-bond donors (Lipinski definition) is 3. The van der Waals surface area contributed by atoms with Gasteiger partial charge in [0.25, 0.3) is 5.91 Å². The van der Waals surface area contributed by atoms with Crippen LogP contribution in [0.1, 0.15) is 10.4 Å². The van der Waals surface area contributed by atoms with Crippen molar-refractivity contribution < 1.29 is 20.1 Å². The molecule has 0 radical (unpaired) electrons. The summed E-state index contributed by atoms with van der Waals surface area (Å²) >= 11 is 1.34. The van der Waals surface area contributed by atoms with Crippen LogP contribution in [0.5, 0.6) is 0 Å². The number of carbonyl (C=O) groups is 1. The zero-order valence-electron chi connectivity index (χ0n) is 9.43. The largest absolute Gasteiger partial charge is 0.388 e. The summed E-state index contributed by atoms with van der Waals surface area (Å²) in [6.45, 7) is 0.0447. The molecule has 96 valence electrons. The fourth-order valence-electron chi connectivity index (χ4n) is 2.36. The molecule has 0 aromatic heterocycles. The molecule has 3 rings (SSSR count). The van der Waals surface area contributed by atoms with Crippen LogP contribution < -0.4 is 0 Å². The van der Waals surface area contributed by atoms with E-state index in [1.54, 1.807) is 12.1 Å². The second kappa shape index (κ2) is 4.24. The van der Waals surface area contributed by atoms with E-state index in [9.17, 15) is 20.1 Å². The van der Waals surface area contributed by atoms with Crippen molar-refractivity contribution in [1.29, 1.82) is 0 Å². The molecule has 18 heavy (non-hydrogen) atoms. The zero-order chi connectivity index (χ0) is 12.9. The highest BCUT2D eigenvalue weighted by atomic mass is 32.2. The molecule has 3 N–H and O–H groups in total. The van der Waals surface area contributed by atoms with Crippen molar-refractivity contribution in [2.45, 2.75) is 28.6 Å². The van der Waals surface area contributed by atoms with E-state index in [4.69, 9.17) is 0 Å². The lowest BCUT2D eigenvalue weighted by atomic mass is 10.0. The van der Waals surface area contributed by atoms with E-state index >= 15 is 0 Å². The summed E-state index contributed by atoms with van der Waals surface area (Å²) in [6, 6.07) is 7.16. The second-order valence-electron chi connectivity index (χ2n) is 4.51. The number of piperidine rings is 1. The average Bonchev–Trinajstić information content (AvgIpc) is 2.38. The fraction of sp³-hybridized carbons (Fsp3) is 0.417. The van der Waals surface area contributed by atoms with Crippen LogP contribution in [0.4, 0.5) is 0 Å². The van der Waals surface area contributed by atoms with E-state index in [1.807, 2.05) is 12.1 Å². The molecule has 1 fully saturated rings. The van der Waals surface area contributed by atoms with Gasteiger partial charge in [0, 0.05) is 4.90 Å². The molecule has 1 aromatic carbocycles. The van der Waals surface area contributed by atoms with Crippen molar-refractivity contribution in [3.8, 4) is 0 Å². The Morgan fingerprint density at radius 3 is 2.67 bits per heavy atom. The Bertz CT molecular complexity index is 495. The summed E-state index contributed by atoms with van der Waals surface area (Å²) in [5.41, 5.74) is 0.578. The molecule has 0 spiro atoms. The predicted octanol–water partition coefficient (Wildman–Crippen LogP) is -0.343. The van der Waals surface area contributed by atoms with Crippen molar-refractivity contribution in [1.82, 2.24) is 4.90 Å². The summed E-state index contributed by atoms with van der Waals surface area (Å²) in [4.78, 5) is 14.5. The lowest BCUT2D eigenvalue weighted by Gasteiger charge is -2.45. The van der Waals surface area contributed by atoms with Crippen LogP contribution in [0, 0.1) is 0 Å². The van der Waals surface area contributed by atoms with Gasteiger partial charge < -0.3 is 20.2 Å². The van der Waals surface area contributed by atoms with Gasteiger partial charge in [0.05, 0.1) is 12.1 Å². The van der Waals surface area contributed by atoms with Crippen molar-refractivity contribution in [2.75, 3.05) is 6.54 Å². The molecule has 6 heteroatoms. The molecule has 0 aliphatic carbocycles. The Labute approximate surface area is 108 Å². The van der Waals surface area contributed by atoms with Crippen molar-refractivity contribution in [3.63, 3.8) is 0 Å². The molecule has 1 amide bonds. The summed E-state index contributed by atoms with van der Waals surface area (Å²) < 4.78 is 0. The van der Waals surface area contributed by atoms with Gasteiger partial charge in [-0.3, -0.25) is 4.79 Å². The highest BCUT2D eigenvalue weighted by molar-refractivity contribution is 8.00. The first kappa shape index (κ1) is 12.0. The molecular formula is C12H13NO4S. The van der Waals surface area contributed by atoms with Crippen LogP contribution in [0.25, 0.3) is 0 Å². The van der Waals surface area contributed by atoms with Gasteiger partial charge in [-0.2, -0.15) is 0 Å². The number of benzene rings is 1. The number of aliphatic hydroxyl groups is 3. The second-order valence-corrected chi connectivity index (χ2v) is 5.67. The number of thioether (sulfide) groups is 1.